The molecule has 0 aliphatic carbocycles. The Morgan fingerprint density at radius 3 is 2.67 bits per heavy atom. The van der Waals surface area contributed by atoms with E-state index in [9.17, 15) is 18.0 Å². The molecule has 30 heavy (non-hydrogen) atoms. The van der Waals surface area contributed by atoms with Crippen molar-refractivity contribution in [2.24, 2.45) is 0 Å². The quantitative estimate of drug-likeness (QED) is 0.636. The first kappa shape index (κ1) is 20.3. The third-order valence-electron chi connectivity index (χ3n) is 5.25. The predicted octanol–water partition coefficient (Wildman–Crippen LogP) is 4.21. The van der Waals surface area contributed by atoms with Crippen molar-refractivity contribution in [3.05, 3.63) is 58.5 Å². The largest absolute Gasteiger partial charge is 0.406 e. The van der Waals surface area contributed by atoms with Crippen LogP contribution in [-0.4, -0.2) is 32.2 Å². The summed E-state index contributed by atoms with van der Waals surface area (Å²) in [5.41, 5.74) is -0.279. The normalized spacial score (nSPS) is 17.3. The van der Waals surface area contributed by atoms with Crippen LogP contribution in [0.5, 0.6) is 0 Å². The van der Waals surface area contributed by atoms with Crippen LogP contribution in [0.3, 0.4) is 0 Å². The number of fused-ring (bicyclic) bond motifs is 1. The van der Waals surface area contributed by atoms with E-state index < -0.39 is 24.3 Å². The Balaban J connectivity index is 1.85. The molecule has 6 nitrogen and oxygen atoms in total. The monoisotopic (exact) mass is 417 g/mol. The zero-order valence-corrected chi connectivity index (χ0v) is 16.7. The molecule has 0 bridgehead atoms. The van der Waals surface area contributed by atoms with Gasteiger partial charge in [-0.05, 0) is 31.0 Å². The number of halogens is 3. The van der Waals surface area contributed by atoms with E-state index in [1.165, 1.54) is 6.07 Å². The van der Waals surface area contributed by atoms with Gasteiger partial charge in [0.25, 0.3) is 5.56 Å². The maximum Gasteiger partial charge on any atom is 0.406 e. The lowest BCUT2D eigenvalue weighted by atomic mass is 10.1. The van der Waals surface area contributed by atoms with E-state index in [-0.39, 0.29) is 17.1 Å². The number of aromatic nitrogens is 4. The standard InChI is InChI=1S/C21H22F3N5O/c1-13(2)18-25-10-9-17(27-18)28-11-5-8-16(28)19-26-15-7-4-3-6-14(15)20(30)29(19)12-21(22,23)24/h3-4,6-7,9-10,13,16H,5,8,11-12H2,1-2H3. The molecular formula is C21H22F3N5O. The summed E-state index contributed by atoms with van der Waals surface area (Å²) < 4.78 is 40.8. The van der Waals surface area contributed by atoms with Crippen molar-refractivity contribution in [1.29, 1.82) is 0 Å². The van der Waals surface area contributed by atoms with Gasteiger partial charge in [-0.1, -0.05) is 26.0 Å². The summed E-state index contributed by atoms with van der Waals surface area (Å²) >= 11 is 0. The summed E-state index contributed by atoms with van der Waals surface area (Å²) in [4.78, 5) is 28.3. The summed E-state index contributed by atoms with van der Waals surface area (Å²) in [6.45, 7) is 3.21. The number of hydrogen-bond donors (Lipinski definition) is 0. The van der Waals surface area contributed by atoms with Gasteiger partial charge in [0, 0.05) is 18.7 Å². The number of para-hydroxylation sites is 1. The van der Waals surface area contributed by atoms with Crippen LogP contribution >= 0.6 is 0 Å². The van der Waals surface area contributed by atoms with Crippen LogP contribution in [-0.2, 0) is 6.54 Å². The SMILES string of the molecule is CC(C)c1nccc(N2CCCC2c2nc3ccccc3c(=O)n2CC(F)(F)F)n1. The molecule has 4 rings (SSSR count). The van der Waals surface area contributed by atoms with Crippen LogP contribution in [0, 0.1) is 0 Å². The number of nitrogens with zero attached hydrogens (tertiary/aromatic N) is 5. The molecule has 0 N–H and O–H groups in total. The Kier molecular flexibility index (Phi) is 5.21. The average molecular weight is 417 g/mol. The van der Waals surface area contributed by atoms with Crippen molar-refractivity contribution in [1.82, 2.24) is 19.5 Å². The van der Waals surface area contributed by atoms with Crippen molar-refractivity contribution >= 4 is 16.7 Å². The van der Waals surface area contributed by atoms with E-state index in [0.717, 1.165) is 11.0 Å². The second-order valence-corrected chi connectivity index (χ2v) is 7.77. The molecule has 1 saturated heterocycles. The molecule has 1 aromatic carbocycles. The molecule has 0 amide bonds. The minimum Gasteiger partial charge on any atom is -0.346 e. The van der Waals surface area contributed by atoms with Crippen LogP contribution in [0.2, 0.25) is 0 Å². The number of rotatable bonds is 4. The molecule has 3 heterocycles. The van der Waals surface area contributed by atoms with E-state index in [0.29, 0.717) is 30.1 Å². The van der Waals surface area contributed by atoms with Crippen LogP contribution in [0.15, 0.2) is 41.3 Å². The Hall–Kier alpha value is -2.97. The summed E-state index contributed by atoms with van der Waals surface area (Å²) in [6, 6.07) is 7.78. The number of alkyl halides is 3. The fourth-order valence-corrected chi connectivity index (χ4v) is 3.88. The zero-order valence-electron chi connectivity index (χ0n) is 16.7. The van der Waals surface area contributed by atoms with Crippen molar-refractivity contribution in [2.45, 2.75) is 51.4 Å². The molecule has 3 aromatic rings. The summed E-state index contributed by atoms with van der Waals surface area (Å²) in [5, 5.41) is 0.180. The smallest absolute Gasteiger partial charge is 0.346 e. The van der Waals surface area contributed by atoms with Gasteiger partial charge in [0.1, 0.15) is 24.0 Å². The second kappa shape index (κ2) is 7.70. The molecule has 0 spiro atoms. The summed E-state index contributed by atoms with van der Waals surface area (Å²) in [5.74, 6) is 1.54. The summed E-state index contributed by atoms with van der Waals surface area (Å²) in [6.07, 6.45) is -1.53. The Bertz CT molecular complexity index is 1130. The maximum absolute atomic E-state index is 13.3. The lowest BCUT2D eigenvalue weighted by molar-refractivity contribution is -0.141. The summed E-state index contributed by atoms with van der Waals surface area (Å²) in [7, 11) is 0. The molecule has 1 aliphatic rings. The van der Waals surface area contributed by atoms with Crippen molar-refractivity contribution in [3.63, 3.8) is 0 Å². The first-order valence-corrected chi connectivity index (χ1v) is 9.90. The highest BCUT2D eigenvalue weighted by atomic mass is 19.4. The molecule has 0 radical (unpaired) electrons. The molecule has 1 fully saturated rings. The maximum atomic E-state index is 13.3. The van der Waals surface area contributed by atoms with E-state index in [4.69, 9.17) is 0 Å². The predicted molar refractivity (Wildman–Crippen MR) is 108 cm³/mol. The molecule has 1 unspecified atom stereocenters. The highest BCUT2D eigenvalue weighted by molar-refractivity contribution is 5.77. The van der Waals surface area contributed by atoms with Gasteiger partial charge in [-0.3, -0.25) is 9.36 Å². The number of benzene rings is 1. The minimum absolute atomic E-state index is 0.119. The Morgan fingerprint density at radius 2 is 1.93 bits per heavy atom. The van der Waals surface area contributed by atoms with Gasteiger partial charge in [-0.15, -0.1) is 0 Å². The van der Waals surface area contributed by atoms with Crippen LogP contribution < -0.4 is 10.5 Å². The van der Waals surface area contributed by atoms with Crippen LogP contribution in [0.25, 0.3) is 10.9 Å². The molecule has 2 aromatic heterocycles. The van der Waals surface area contributed by atoms with Gasteiger partial charge in [-0.2, -0.15) is 13.2 Å². The zero-order chi connectivity index (χ0) is 21.5. The third kappa shape index (κ3) is 3.88. The van der Waals surface area contributed by atoms with E-state index in [2.05, 4.69) is 15.0 Å². The second-order valence-electron chi connectivity index (χ2n) is 7.77. The van der Waals surface area contributed by atoms with Crippen molar-refractivity contribution < 1.29 is 13.2 Å². The van der Waals surface area contributed by atoms with E-state index in [1.807, 2.05) is 18.7 Å². The fraction of sp³-hybridized carbons (Fsp3) is 0.429. The number of anilines is 1. The highest BCUT2D eigenvalue weighted by Gasteiger charge is 2.36. The highest BCUT2D eigenvalue weighted by Crippen LogP contribution is 2.35. The minimum atomic E-state index is -4.54. The topological polar surface area (TPSA) is 63.9 Å². The van der Waals surface area contributed by atoms with Gasteiger partial charge in [0.15, 0.2) is 0 Å². The van der Waals surface area contributed by atoms with E-state index >= 15 is 0 Å². The van der Waals surface area contributed by atoms with Crippen molar-refractivity contribution in [3.8, 4) is 0 Å². The molecular weight excluding hydrogens is 395 g/mol. The van der Waals surface area contributed by atoms with Gasteiger partial charge in [-0.25, -0.2) is 15.0 Å². The van der Waals surface area contributed by atoms with E-state index in [1.54, 1.807) is 30.5 Å². The average Bonchev–Trinajstić information content (AvgIpc) is 3.19. The number of hydrogen-bond acceptors (Lipinski definition) is 5. The lowest BCUT2D eigenvalue weighted by Gasteiger charge is -2.28. The molecule has 1 atom stereocenters. The Morgan fingerprint density at radius 1 is 1.17 bits per heavy atom. The first-order chi connectivity index (χ1) is 14.2. The Labute approximate surface area is 171 Å². The third-order valence-corrected chi connectivity index (χ3v) is 5.25. The van der Waals surface area contributed by atoms with Crippen LogP contribution in [0.4, 0.5) is 19.0 Å². The van der Waals surface area contributed by atoms with Gasteiger partial charge in [0.2, 0.25) is 0 Å². The molecule has 0 saturated carbocycles. The molecule has 158 valence electrons. The van der Waals surface area contributed by atoms with Crippen LogP contribution in [0.1, 0.15) is 50.3 Å². The molecule has 9 heteroatoms. The first-order valence-electron chi connectivity index (χ1n) is 9.90. The van der Waals surface area contributed by atoms with Gasteiger partial charge >= 0.3 is 6.18 Å². The fourth-order valence-electron chi connectivity index (χ4n) is 3.88. The van der Waals surface area contributed by atoms with Crippen molar-refractivity contribution in [2.75, 3.05) is 11.4 Å². The van der Waals surface area contributed by atoms with Gasteiger partial charge < -0.3 is 4.90 Å². The molecule has 1 aliphatic heterocycles. The lowest BCUT2D eigenvalue weighted by Crippen LogP contribution is -2.36. The van der Waals surface area contributed by atoms with Gasteiger partial charge in [0.05, 0.1) is 16.9 Å².